The first-order valence-electron chi connectivity index (χ1n) is 10.7. The lowest BCUT2D eigenvalue weighted by Gasteiger charge is -2.33. The third-order valence-corrected chi connectivity index (χ3v) is 6.09. The fourth-order valence-electron chi connectivity index (χ4n) is 4.10. The van der Waals surface area contributed by atoms with E-state index in [1.165, 1.54) is 0 Å². The summed E-state index contributed by atoms with van der Waals surface area (Å²) in [7, 11) is 1.55. The number of aromatic nitrogens is 1. The third kappa shape index (κ3) is 6.23. The molecule has 1 aliphatic rings. The van der Waals surface area contributed by atoms with Crippen LogP contribution in [0.2, 0.25) is 5.02 Å². The van der Waals surface area contributed by atoms with Crippen LogP contribution in [0, 0.1) is 19.8 Å². The Morgan fingerprint density at radius 3 is 2.84 bits per heavy atom. The first-order chi connectivity index (χ1) is 14.9. The monoisotopic (exact) mass is 447 g/mol. The Hall–Kier alpha value is -2.54. The average molecular weight is 448 g/mol. The van der Waals surface area contributed by atoms with Gasteiger partial charge in [0.15, 0.2) is 0 Å². The Balaban J connectivity index is 1.46. The molecule has 0 spiro atoms. The number of nitrogens with one attached hydrogen (secondary N) is 1. The lowest BCUT2D eigenvalue weighted by Crippen LogP contribution is -2.40. The van der Waals surface area contributed by atoms with E-state index in [4.69, 9.17) is 20.9 Å². The summed E-state index contributed by atoms with van der Waals surface area (Å²) in [6.45, 7) is 5.26. The number of aryl methyl sites for hydroxylation is 2. The largest absolute Gasteiger partial charge is 0.495 e. The number of likely N-dealkylation sites (tertiary alicyclic amines) is 1. The summed E-state index contributed by atoms with van der Waals surface area (Å²) in [4.78, 5) is 27.1. The summed E-state index contributed by atoms with van der Waals surface area (Å²) >= 11 is 6.02. The average Bonchev–Trinajstić information content (AvgIpc) is 3.08. The third-order valence-electron chi connectivity index (χ3n) is 5.86. The summed E-state index contributed by atoms with van der Waals surface area (Å²) in [6.07, 6.45) is 4.21. The van der Waals surface area contributed by atoms with Crippen LogP contribution in [0.25, 0.3) is 0 Å². The molecule has 1 aromatic heterocycles. The molecule has 7 nitrogen and oxygen atoms in total. The molecule has 31 heavy (non-hydrogen) atoms. The second-order valence-corrected chi connectivity index (χ2v) is 8.52. The maximum absolute atomic E-state index is 12.7. The van der Waals surface area contributed by atoms with E-state index in [0.29, 0.717) is 48.2 Å². The van der Waals surface area contributed by atoms with Gasteiger partial charge in [-0.25, -0.2) is 0 Å². The lowest BCUT2D eigenvalue weighted by atomic mass is 9.93. The van der Waals surface area contributed by atoms with Gasteiger partial charge in [0.05, 0.1) is 18.5 Å². The number of benzene rings is 1. The van der Waals surface area contributed by atoms with Crippen molar-refractivity contribution in [1.29, 1.82) is 0 Å². The number of anilines is 1. The molecule has 2 heterocycles. The Morgan fingerprint density at radius 2 is 2.13 bits per heavy atom. The van der Waals surface area contributed by atoms with Crippen LogP contribution in [-0.2, 0) is 16.0 Å². The zero-order valence-electron chi connectivity index (χ0n) is 18.4. The van der Waals surface area contributed by atoms with Gasteiger partial charge in [-0.1, -0.05) is 16.8 Å². The topological polar surface area (TPSA) is 84.7 Å². The highest BCUT2D eigenvalue weighted by molar-refractivity contribution is 6.31. The number of piperidine rings is 1. The van der Waals surface area contributed by atoms with Crippen molar-refractivity contribution in [2.24, 2.45) is 5.92 Å². The number of methoxy groups -OCH3 is 1. The number of halogens is 1. The first kappa shape index (κ1) is 23.1. The van der Waals surface area contributed by atoms with Crippen LogP contribution < -0.4 is 10.1 Å². The van der Waals surface area contributed by atoms with E-state index in [1.54, 1.807) is 25.3 Å². The van der Waals surface area contributed by atoms with E-state index < -0.39 is 0 Å². The van der Waals surface area contributed by atoms with Gasteiger partial charge in [0.2, 0.25) is 11.8 Å². The minimum absolute atomic E-state index is 0.0811. The van der Waals surface area contributed by atoms with Gasteiger partial charge in [-0.05, 0) is 63.6 Å². The summed E-state index contributed by atoms with van der Waals surface area (Å²) < 4.78 is 10.5. The number of nitrogens with zero attached hydrogens (tertiary/aromatic N) is 2. The Bertz CT molecular complexity index is 908. The van der Waals surface area contributed by atoms with E-state index in [9.17, 15) is 9.59 Å². The van der Waals surface area contributed by atoms with E-state index in [1.807, 2.05) is 18.7 Å². The molecule has 1 aliphatic heterocycles. The highest BCUT2D eigenvalue weighted by Gasteiger charge is 2.24. The number of hydrogen-bond donors (Lipinski definition) is 1. The molecule has 168 valence electrons. The van der Waals surface area contributed by atoms with Crippen LogP contribution in [0.3, 0.4) is 0 Å². The fourth-order valence-corrected chi connectivity index (χ4v) is 4.27. The van der Waals surface area contributed by atoms with Crippen molar-refractivity contribution in [3.8, 4) is 5.75 Å². The molecule has 3 rings (SSSR count). The van der Waals surface area contributed by atoms with Gasteiger partial charge in [0, 0.05) is 36.5 Å². The Morgan fingerprint density at radius 1 is 1.32 bits per heavy atom. The molecular formula is C23H30ClN3O4. The molecule has 1 N–H and O–H groups in total. The highest BCUT2D eigenvalue weighted by atomic mass is 35.5. The van der Waals surface area contributed by atoms with Crippen LogP contribution in [-0.4, -0.2) is 42.1 Å². The zero-order valence-corrected chi connectivity index (χ0v) is 19.1. The minimum atomic E-state index is -0.0811. The summed E-state index contributed by atoms with van der Waals surface area (Å²) in [6, 6.07) is 5.12. The van der Waals surface area contributed by atoms with Crippen molar-refractivity contribution < 1.29 is 18.8 Å². The number of carbonyl (C=O) groups excluding carboxylic acids is 2. The molecule has 1 fully saturated rings. The van der Waals surface area contributed by atoms with Crippen LogP contribution in [0.4, 0.5) is 5.69 Å². The van der Waals surface area contributed by atoms with E-state index in [0.717, 1.165) is 42.8 Å². The van der Waals surface area contributed by atoms with Crippen molar-refractivity contribution >= 4 is 29.1 Å². The summed E-state index contributed by atoms with van der Waals surface area (Å²) in [5.41, 5.74) is 2.44. The van der Waals surface area contributed by atoms with Crippen molar-refractivity contribution in [1.82, 2.24) is 10.1 Å². The molecule has 1 aromatic carbocycles. The molecule has 0 unspecified atom stereocenters. The van der Waals surface area contributed by atoms with Gasteiger partial charge < -0.3 is 19.5 Å². The summed E-state index contributed by atoms with van der Waals surface area (Å²) in [5.74, 6) is 1.75. The number of carbonyl (C=O) groups is 2. The Kier molecular flexibility index (Phi) is 7.96. The number of ether oxygens (including phenoxy) is 1. The van der Waals surface area contributed by atoms with Crippen molar-refractivity contribution in [3.05, 3.63) is 40.2 Å². The fraction of sp³-hybridized carbons (Fsp3) is 0.522. The minimum Gasteiger partial charge on any atom is -0.495 e. The molecule has 1 atom stereocenters. The molecule has 0 saturated carbocycles. The van der Waals surface area contributed by atoms with Crippen LogP contribution >= 0.6 is 11.6 Å². The zero-order chi connectivity index (χ0) is 22.4. The summed E-state index contributed by atoms with van der Waals surface area (Å²) in [5, 5.41) is 7.37. The standard InChI is InChI=1S/C23H30ClN3O4/c1-15-19(16(2)31-26-15)8-11-23(29)27-12-4-5-17(14-27)6-10-22(28)25-20-13-18(24)7-9-21(20)30-3/h7,9,13,17H,4-6,8,10-12,14H2,1-3H3,(H,25,28)/t17-/m0/s1. The van der Waals surface area contributed by atoms with Gasteiger partial charge in [0.25, 0.3) is 0 Å². The molecule has 0 aliphatic carbocycles. The molecule has 0 radical (unpaired) electrons. The smallest absolute Gasteiger partial charge is 0.224 e. The first-order valence-corrected chi connectivity index (χ1v) is 11.1. The van der Waals surface area contributed by atoms with E-state index >= 15 is 0 Å². The second-order valence-electron chi connectivity index (χ2n) is 8.08. The van der Waals surface area contributed by atoms with Crippen LogP contribution in [0.15, 0.2) is 22.7 Å². The van der Waals surface area contributed by atoms with Crippen LogP contribution in [0.1, 0.15) is 49.1 Å². The van der Waals surface area contributed by atoms with Crippen molar-refractivity contribution in [2.75, 3.05) is 25.5 Å². The predicted octanol–water partition coefficient (Wildman–Crippen LogP) is 4.54. The Labute approximate surface area is 188 Å². The van der Waals surface area contributed by atoms with Crippen LogP contribution in [0.5, 0.6) is 5.75 Å². The molecule has 1 saturated heterocycles. The normalized spacial score (nSPS) is 16.3. The van der Waals surface area contributed by atoms with Gasteiger partial charge in [-0.3, -0.25) is 9.59 Å². The molecular weight excluding hydrogens is 418 g/mol. The predicted molar refractivity (Wildman–Crippen MR) is 119 cm³/mol. The number of rotatable bonds is 8. The maximum atomic E-state index is 12.7. The lowest BCUT2D eigenvalue weighted by molar-refractivity contribution is -0.133. The van der Waals surface area contributed by atoms with E-state index in [-0.39, 0.29) is 11.8 Å². The second kappa shape index (κ2) is 10.7. The van der Waals surface area contributed by atoms with Gasteiger partial charge in [-0.2, -0.15) is 0 Å². The number of hydrogen-bond acceptors (Lipinski definition) is 5. The van der Waals surface area contributed by atoms with Crippen molar-refractivity contribution in [2.45, 2.75) is 52.4 Å². The van der Waals surface area contributed by atoms with Gasteiger partial charge >= 0.3 is 0 Å². The number of amides is 2. The SMILES string of the molecule is COc1ccc(Cl)cc1NC(=O)CC[C@@H]1CCCN(C(=O)CCc2c(C)noc2C)C1. The highest BCUT2D eigenvalue weighted by Crippen LogP contribution is 2.28. The molecule has 0 bridgehead atoms. The van der Waals surface area contributed by atoms with E-state index in [2.05, 4.69) is 10.5 Å². The van der Waals surface area contributed by atoms with Crippen molar-refractivity contribution in [3.63, 3.8) is 0 Å². The van der Waals surface area contributed by atoms with Gasteiger partial charge in [0.1, 0.15) is 11.5 Å². The molecule has 8 heteroatoms. The molecule has 2 aromatic rings. The maximum Gasteiger partial charge on any atom is 0.224 e. The molecule has 2 amide bonds. The quantitative estimate of drug-likeness (QED) is 0.642. The van der Waals surface area contributed by atoms with Gasteiger partial charge in [-0.15, -0.1) is 0 Å².